The van der Waals surface area contributed by atoms with Gasteiger partial charge in [-0.3, -0.25) is 9.36 Å². The molecule has 0 saturated heterocycles. The lowest BCUT2D eigenvalue weighted by atomic mass is 9.85. The summed E-state index contributed by atoms with van der Waals surface area (Å²) in [5, 5.41) is 0. The van der Waals surface area contributed by atoms with E-state index in [1.807, 2.05) is 13.0 Å². The lowest BCUT2D eigenvalue weighted by Crippen LogP contribution is -2.26. The topological polar surface area (TPSA) is 83.8 Å². The molecule has 20 heavy (non-hydrogen) atoms. The zero-order valence-corrected chi connectivity index (χ0v) is 12.6. The largest absolute Gasteiger partial charge is 0.466 e. The highest BCUT2D eigenvalue weighted by Gasteiger charge is 2.34. The zero-order chi connectivity index (χ0) is 15.2. The van der Waals surface area contributed by atoms with E-state index in [2.05, 4.69) is 0 Å². The highest BCUT2D eigenvalue weighted by Crippen LogP contribution is 2.43. The molecule has 6 heteroatoms. The minimum absolute atomic E-state index is 0.257. The molecule has 0 bridgehead atoms. The molecule has 112 valence electrons. The summed E-state index contributed by atoms with van der Waals surface area (Å²) in [5.74, 6) is -1.50. The zero-order valence-electron chi connectivity index (χ0n) is 11.7. The van der Waals surface area contributed by atoms with Crippen molar-refractivity contribution in [2.45, 2.75) is 26.2 Å². The van der Waals surface area contributed by atoms with Crippen LogP contribution in [0.3, 0.4) is 0 Å². The fraction of sp³-hybridized carbons (Fsp3) is 0.500. The van der Waals surface area contributed by atoms with Gasteiger partial charge in [-0.15, -0.1) is 0 Å². The number of hydrogen-bond donors (Lipinski definition) is 2. The average Bonchev–Trinajstić information content (AvgIpc) is 2.38. The molecular formula is C14H21O5P. The van der Waals surface area contributed by atoms with Crippen LogP contribution in [0.25, 0.3) is 0 Å². The van der Waals surface area contributed by atoms with Gasteiger partial charge in [-0.25, -0.2) is 0 Å². The van der Waals surface area contributed by atoms with Crippen LogP contribution in [0.15, 0.2) is 30.3 Å². The Balaban J connectivity index is 3.08. The molecule has 0 aliphatic heterocycles. The predicted molar refractivity (Wildman–Crippen MR) is 76.5 cm³/mol. The quantitative estimate of drug-likeness (QED) is 0.597. The van der Waals surface area contributed by atoms with E-state index in [0.29, 0.717) is 6.42 Å². The Bertz CT molecular complexity index is 468. The van der Waals surface area contributed by atoms with Gasteiger partial charge in [0.25, 0.3) is 0 Å². The fourth-order valence-electron chi connectivity index (χ4n) is 2.29. The van der Waals surface area contributed by atoms with Crippen molar-refractivity contribution in [2.24, 2.45) is 5.92 Å². The van der Waals surface area contributed by atoms with Crippen molar-refractivity contribution < 1.29 is 23.9 Å². The summed E-state index contributed by atoms with van der Waals surface area (Å²) in [4.78, 5) is 30.5. The van der Waals surface area contributed by atoms with Gasteiger partial charge < -0.3 is 14.5 Å². The SMILES string of the molecule is CCOC(=O)C(CC)C(CP(=O)(O)O)c1ccccc1. The van der Waals surface area contributed by atoms with Gasteiger partial charge in [-0.1, -0.05) is 37.3 Å². The highest BCUT2D eigenvalue weighted by atomic mass is 31.2. The molecule has 1 aromatic carbocycles. The van der Waals surface area contributed by atoms with Crippen LogP contribution in [0, 0.1) is 5.92 Å². The maximum absolute atomic E-state index is 12.0. The Morgan fingerprint density at radius 2 is 1.85 bits per heavy atom. The van der Waals surface area contributed by atoms with Crippen LogP contribution in [0.2, 0.25) is 0 Å². The third-order valence-electron chi connectivity index (χ3n) is 3.18. The molecule has 0 spiro atoms. The summed E-state index contributed by atoms with van der Waals surface area (Å²) in [7, 11) is -4.22. The van der Waals surface area contributed by atoms with Crippen molar-refractivity contribution in [3.8, 4) is 0 Å². The molecule has 0 amide bonds. The summed E-state index contributed by atoms with van der Waals surface area (Å²) in [6.07, 6.45) is 0.118. The van der Waals surface area contributed by atoms with Gasteiger partial charge in [0.1, 0.15) is 0 Å². The van der Waals surface area contributed by atoms with Crippen LogP contribution in [0.1, 0.15) is 31.7 Å². The first-order valence-electron chi connectivity index (χ1n) is 6.65. The first-order chi connectivity index (χ1) is 9.39. The molecule has 0 saturated carbocycles. The van der Waals surface area contributed by atoms with E-state index in [1.165, 1.54) is 0 Å². The Hall–Kier alpha value is -1.16. The van der Waals surface area contributed by atoms with E-state index in [-0.39, 0.29) is 12.8 Å². The van der Waals surface area contributed by atoms with E-state index in [1.54, 1.807) is 31.2 Å². The number of benzene rings is 1. The molecular weight excluding hydrogens is 279 g/mol. The van der Waals surface area contributed by atoms with Crippen molar-refractivity contribution in [2.75, 3.05) is 12.8 Å². The van der Waals surface area contributed by atoms with Crippen LogP contribution in [-0.4, -0.2) is 28.5 Å². The van der Waals surface area contributed by atoms with Crippen LogP contribution in [0.5, 0.6) is 0 Å². The van der Waals surface area contributed by atoms with Gasteiger partial charge in [0.15, 0.2) is 0 Å². The number of carbonyl (C=O) groups excluding carboxylic acids is 1. The first-order valence-corrected chi connectivity index (χ1v) is 8.45. The standard InChI is InChI=1S/C14H21O5P/c1-3-12(14(15)19-4-2)13(10-20(16,17)18)11-8-6-5-7-9-11/h5-9,12-13H,3-4,10H2,1-2H3,(H2,16,17,18). The number of hydrogen-bond acceptors (Lipinski definition) is 3. The molecule has 0 radical (unpaired) electrons. The molecule has 0 aliphatic carbocycles. The van der Waals surface area contributed by atoms with Crippen LogP contribution in [0.4, 0.5) is 0 Å². The maximum Gasteiger partial charge on any atom is 0.326 e. The van der Waals surface area contributed by atoms with E-state index in [9.17, 15) is 19.1 Å². The molecule has 1 rings (SSSR count). The van der Waals surface area contributed by atoms with E-state index < -0.39 is 25.4 Å². The van der Waals surface area contributed by atoms with Crippen molar-refractivity contribution in [1.82, 2.24) is 0 Å². The maximum atomic E-state index is 12.0. The van der Waals surface area contributed by atoms with Crippen molar-refractivity contribution >= 4 is 13.6 Å². The number of rotatable bonds is 7. The van der Waals surface area contributed by atoms with Gasteiger partial charge in [0.05, 0.1) is 18.7 Å². The van der Waals surface area contributed by atoms with Gasteiger partial charge >= 0.3 is 13.6 Å². The average molecular weight is 300 g/mol. The normalized spacial score (nSPS) is 14.6. The van der Waals surface area contributed by atoms with Gasteiger partial charge in [-0.05, 0) is 18.9 Å². The smallest absolute Gasteiger partial charge is 0.326 e. The summed E-state index contributed by atoms with van der Waals surface area (Å²) >= 11 is 0. The molecule has 0 aliphatic rings. The lowest BCUT2D eigenvalue weighted by Gasteiger charge is -2.25. The molecule has 1 aromatic rings. The van der Waals surface area contributed by atoms with E-state index in [0.717, 1.165) is 5.56 Å². The highest BCUT2D eigenvalue weighted by molar-refractivity contribution is 7.51. The number of ether oxygens (including phenoxy) is 1. The summed E-state index contributed by atoms with van der Waals surface area (Å²) in [5.41, 5.74) is 0.746. The Labute approximate surface area is 119 Å². The molecule has 2 unspecified atom stereocenters. The van der Waals surface area contributed by atoms with Crippen molar-refractivity contribution in [1.29, 1.82) is 0 Å². The first kappa shape index (κ1) is 16.9. The minimum Gasteiger partial charge on any atom is -0.466 e. The molecule has 5 nitrogen and oxygen atoms in total. The Kier molecular flexibility index (Phi) is 6.40. The Morgan fingerprint density at radius 1 is 1.25 bits per heavy atom. The third-order valence-corrected chi connectivity index (χ3v) is 4.05. The predicted octanol–water partition coefficient (Wildman–Crippen LogP) is 2.54. The number of esters is 1. The van der Waals surface area contributed by atoms with Crippen LogP contribution < -0.4 is 0 Å². The van der Waals surface area contributed by atoms with Crippen molar-refractivity contribution in [3.05, 3.63) is 35.9 Å². The Morgan fingerprint density at radius 3 is 2.30 bits per heavy atom. The van der Waals surface area contributed by atoms with Crippen LogP contribution >= 0.6 is 7.60 Å². The molecule has 2 atom stereocenters. The van der Waals surface area contributed by atoms with Crippen LogP contribution in [-0.2, 0) is 14.1 Å². The monoisotopic (exact) mass is 300 g/mol. The fourth-order valence-corrected chi connectivity index (χ4v) is 3.26. The molecule has 2 N–H and O–H groups in total. The molecule has 0 fully saturated rings. The van der Waals surface area contributed by atoms with Gasteiger partial charge in [-0.2, -0.15) is 0 Å². The summed E-state index contributed by atoms with van der Waals surface area (Å²) in [6, 6.07) is 8.97. The second-order valence-corrected chi connectivity index (χ2v) is 6.33. The second kappa shape index (κ2) is 7.58. The summed E-state index contributed by atoms with van der Waals surface area (Å²) < 4.78 is 16.4. The van der Waals surface area contributed by atoms with Gasteiger partial charge in [0.2, 0.25) is 0 Å². The molecule has 0 heterocycles. The van der Waals surface area contributed by atoms with Gasteiger partial charge in [0, 0.05) is 5.92 Å². The third kappa shape index (κ3) is 5.08. The van der Waals surface area contributed by atoms with E-state index in [4.69, 9.17) is 4.74 Å². The number of carbonyl (C=O) groups is 1. The lowest BCUT2D eigenvalue weighted by molar-refractivity contribution is -0.148. The second-order valence-electron chi connectivity index (χ2n) is 4.63. The van der Waals surface area contributed by atoms with Crippen molar-refractivity contribution in [3.63, 3.8) is 0 Å². The molecule has 0 aromatic heterocycles. The summed E-state index contributed by atoms with van der Waals surface area (Å²) in [6.45, 7) is 3.79. The van der Waals surface area contributed by atoms with E-state index >= 15 is 0 Å². The minimum atomic E-state index is -4.22.